The van der Waals surface area contributed by atoms with E-state index in [0.717, 1.165) is 42.9 Å². The molecule has 0 radical (unpaired) electrons. The van der Waals surface area contributed by atoms with Crippen LogP contribution >= 0.6 is 0 Å². The van der Waals surface area contributed by atoms with Crippen LogP contribution in [-0.2, 0) is 12.0 Å². The fourth-order valence-electron chi connectivity index (χ4n) is 1.99. The average molecular weight is 280 g/mol. The largest absolute Gasteiger partial charge is 0.396 e. The van der Waals surface area contributed by atoms with Crippen LogP contribution in [-0.4, -0.2) is 35.4 Å². The molecule has 1 aromatic heterocycles. The molecule has 1 aromatic rings. The summed E-state index contributed by atoms with van der Waals surface area (Å²) >= 11 is 0. The molecular weight excluding hydrogens is 252 g/mol. The lowest BCUT2D eigenvalue weighted by atomic mass is 9.91. The van der Waals surface area contributed by atoms with E-state index in [1.165, 1.54) is 0 Å². The molecule has 0 atom stereocenters. The van der Waals surface area contributed by atoms with Crippen LogP contribution in [0.25, 0.3) is 0 Å². The normalized spacial score (nSPS) is 11.7. The standard InChI is InChI=1S/C16H28N2O2/c1-16(2,3)14-10-13(12-20)11-15(17-14)18(4)8-6-5-7-9-19/h10-11,19-20H,5-9,12H2,1-4H3. The lowest BCUT2D eigenvalue weighted by Crippen LogP contribution is -2.22. The first-order valence-electron chi connectivity index (χ1n) is 7.32. The Kier molecular flexibility index (Phi) is 6.43. The van der Waals surface area contributed by atoms with Gasteiger partial charge in [0.2, 0.25) is 0 Å². The van der Waals surface area contributed by atoms with Crippen LogP contribution in [0.5, 0.6) is 0 Å². The van der Waals surface area contributed by atoms with E-state index in [2.05, 4.69) is 25.7 Å². The van der Waals surface area contributed by atoms with Gasteiger partial charge in [-0.15, -0.1) is 0 Å². The maximum absolute atomic E-state index is 9.41. The van der Waals surface area contributed by atoms with Gasteiger partial charge in [-0.2, -0.15) is 0 Å². The van der Waals surface area contributed by atoms with E-state index in [1.54, 1.807) is 0 Å². The van der Waals surface area contributed by atoms with Gasteiger partial charge in [-0.25, -0.2) is 4.98 Å². The summed E-state index contributed by atoms with van der Waals surface area (Å²) in [5, 5.41) is 18.2. The molecule has 0 aliphatic heterocycles. The first-order chi connectivity index (χ1) is 9.38. The molecule has 4 heteroatoms. The van der Waals surface area contributed by atoms with Crippen molar-refractivity contribution in [2.24, 2.45) is 0 Å². The topological polar surface area (TPSA) is 56.6 Å². The summed E-state index contributed by atoms with van der Waals surface area (Å²) in [5.74, 6) is 0.908. The highest BCUT2D eigenvalue weighted by Gasteiger charge is 2.18. The molecule has 1 heterocycles. The van der Waals surface area contributed by atoms with Crippen molar-refractivity contribution in [1.82, 2.24) is 4.98 Å². The van der Waals surface area contributed by atoms with Crippen LogP contribution in [0.15, 0.2) is 12.1 Å². The monoisotopic (exact) mass is 280 g/mol. The molecule has 0 unspecified atom stereocenters. The fraction of sp³-hybridized carbons (Fsp3) is 0.688. The van der Waals surface area contributed by atoms with E-state index < -0.39 is 0 Å². The molecular formula is C16H28N2O2. The average Bonchev–Trinajstić information content (AvgIpc) is 2.41. The first-order valence-corrected chi connectivity index (χ1v) is 7.32. The van der Waals surface area contributed by atoms with Gasteiger partial charge >= 0.3 is 0 Å². The summed E-state index contributed by atoms with van der Waals surface area (Å²) in [5.41, 5.74) is 1.88. The molecule has 0 aromatic carbocycles. The van der Waals surface area contributed by atoms with Crippen molar-refractivity contribution in [2.45, 2.75) is 52.1 Å². The van der Waals surface area contributed by atoms with Crippen LogP contribution < -0.4 is 4.90 Å². The summed E-state index contributed by atoms with van der Waals surface area (Å²) in [7, 11) is 2.02. The highest BCUT2D eigenvalue weighted by atomic mass is 16.3. The summed E-state index contributed by atoms with van der Waals surface area (Å²) in [6, 6.07) is 3.92. The number of hydrogen-bond donors (Lipinski definition) is 2. The van der Waals surface area contributed by atoms with Gasteiger partial charge in [0.15, 0.2) is 0 Å². The Morgan fingerprint density at radius 2 is 1.80 bits per heavy atom. The maximum Gasteiger partial charge on any atom is 0.128 e. The number of pyridine rings is 1. The quantitative estimate of drug-likeness (QED) is 0.753. The Labute approximate surface area is 122 Å². The van der Waals surface area contributed by atoms with Gasteiger partial charge in [0, 0.05) is 31.3 Å². The molecule has 4 nitrogen and oxygen atoms in total. The van der Waals surface area contributed by atoms with E-state index in [9.17, 15) is 5.11 Å². The molecule has 0 fully saturated rings. The molecule has 0 amide bonds. The van der Waals surface area contributed by atoms with Crippen molar-refractivity contribution in [3.05, 3.63) is 23.4 Å². The minimum absolute atomic E-state index is 0.0301. The van der Waals surface area contributed by atoms with Gasteiger partial charge in [-0.05, 0) is 37.0 Å². The number of aliphatic hydroxyl groups excluding tert-OH is 2. The predicted octanol–water partition coefficient (Wildman–Crippen LogP) is 2.47. The number of aromatic nitrogens is 1. The van der Waals surface area contributed by atoms with Crippen LogP contribution in [0.2, 0.25) is 0 Å². The Morgan fingerprint density at radius 1 is 1.10 bits per heavy atom. The molecule has 0 saturated carbocycles. The zero-order valence-corrected chi connectivity index (χ0v) is 13.2. The molecule has 2 N–H and O–H groups in total. The molecule has 114 valence electrons. The van der Waals surface area contributed by atoms with Crippen LogP contribution in [0.3, 0.4) is 0 Å². The third-order valence-electron chi connectivity index (χ3n) is 3.37. The van der Waals surface area contributed by atoms with Gasteiger partial charge in [0.25, 0.3) is 0 Å². The molecule has 0 aliphatic carbocycles. The van der Waals surface area contributed by atoms with Gasteiger partial charge < -0.3 is 15.1 Å². The smallest absolute Gasteiger partial charge is 0.128 e. The third-order valence-corrected chi connectivity index (χ3v) is 3.37. The van der Waals surface area contributed by atoms with Crippen molar-refractivity contribution in [3.8, 4) is 0 Å². The number of nitrogens with zero attached hydrogens (tertiary/aromatic N) is 2. The van der Waals surface area contributed by atoms with Crippen molar-refractivity contribution in [1.29, 1.82) is 0 Å². The molecule has 0 spiro atoms. The Bertz CT molecular complexity index is 413. The molecule has 0 aliphatic rings. The molecule has 0 bridgehead atoms. The SMILES string of the molecule is CN(CCCCCO)c1cc(CO)cc(C(C)(C)C)n1. The summed E-state index contributed by atoms with van der Waals surface area (Å²) in [6.07, 6.45) is 2.91. The summed E-state index contributed by atoms with van der Waals surface area (Å²) in [4.78, 5) is 6.83. The van der Waals surface area contributed by atoms with Crippen LogP contribution in [0.4, 0.5) is 5.82 Å². The second kappa shape index (κ2) is 7.60. The number of hydrogen-bond acceptors (Lipinski definition) is 4. The zero-order chi connectivity index (χ0) is 15.2. The van der Waals surface area contributed by atoms with Crippen molar-refractivity contribution in [3.63, 3.8) is 0 Å². The second-order valence-corrected chi connectivity index (χ2v) is 6.33. The van der Waals surface area contributed by atoms with E-state index in [-0.39, 0.29) is 18.6 Å². The number of aliphatic hydroxyl groups is 2. The molecule has 1 rings (SSSR count). The summed E-state index contributed by atoms with van der Waals surface area (Å²) < 4.78 is 0. The first kappa shape index (κ1) is 16.9. The Morgan fingerprint density at radius 3 is 2.35 bits per heavy atom. The van der Waals surface area contributed by atoms with Crippen molar-refractivity contribution in [2.75, 3.05) is 25.1 Å². The lowest BCUT2D eigenvalue weighted by molar-refractivity contribution is 0.281. The Hall–Kier alpha value is -1.13. The minimum Gasteiger partial charge on any atom is -0.396 e. The summed E-state index contributed by atoms with van der Waals surface area (Å²) in [6.45, 7) is 7.59. The zero-order valence-electron chi connectivity index (χ0n) is 13.2. The van der Waals surface area contributed by atoms with Crippen molar-refractivity contribution >= 4 is 5.82 Å². The van der Waals surface area contributed by atoms with Crippen LogP contribution in [0, 0.1) is 0 Å². The van der Waals surface area contributed by atoms with E-state index in [1.807, 2.05) is 19.2 Å². The third kappa shape index (κ3) is 5.10. The fourth-order valence-corrected chi connectivity index (χ4v) is 1.99. The lowest BCUT2D eigenvalue weighted by Gasteiger charge is -2.24. The molecule has 0 saturated heterocycles. The van der Waals surface area contributed by atoms with E-state index in [4.69, 9.17) is 10.1 Å². The Balaban J connectivity index is 2.82. The van der Waals surface area contributed by atoms with Crippen LogP contribution in [0.1, 0.15) is 51.3 Å². The highest BCUT2D eigenvalue weighted by molar-refractivity contribution is 5.43. The number of anilines is 1. The van der Waals surface area contributed by atoms with Gasteiger partial charge in [-0.3, -0.25) is 0 Å². The highest BCUT2D eigenvalue weighted by Crippen LogP contribution is 2.24. The second-order valence-electron chi connectivity index (χ2n) is 6.33. The van der Waals surface area contributed by atoms with Gasteiger partial charge in [-0.1, -0.05) is 20.8 Å². The molecule has 20 heavy (non-hydrogen) atoms. The van der Waals surface area contributed by atoms with E-state index >= 15 is 0 Å². The predicted molar refractivity (Wildman–Crippen MR) is 83.1 cm³/mol. The van der Waals surface area contributed by atoms with Gasteiger partial charge in [0.05, 0.1) is 6.61 Å². The minimum atomic E-state index is -0.0301. The van der Waals surface area contributed by atoms with Gasteiger partial charge in [0.1, 0.15) is 5.82 Å². The van der Waals surface area contributed by atoms with E-state index in [0.29, 0.717) is 0 Å². The number of rotatable bonds is 7. The maximum atomic E-state index is 9.41. The van der Waals surface area contributed by atoms with Crippen molar-refractivity contribution < 1.29 is 10.2 Å². The number of unbranched alkanes of at least 4 members (excludes halogenated alkanes) is 2.